The van der Waals surface area contributed by atoms with Crippen LogP contribution in [0.2, 0.25) is 10.0 Å². The van der Waals surface area contributed by atoms with Gasteiger partial charge in [-0.15, -0.1) is 6.58 Å². The molecule has 0 aliphatic rings. The van der Waals surface area contributed by atoms with Gasteiger partial charge in [0.15, 0.2) is 11.3 Å². The molecule has 3 aromatic heterocycles. The van der Waals surface area contributed by atoms with Gasteiger partial charge in [-0.25, -0.2) is 15.0 Å². The number of para-hydroxylation sites is 2. The van der Waals surface area contributed by atoms with Crippen LogP contribution in [0.5, 0.6) is 0 Å². The molecular weight excluding hydrogens is 421 g/mol. The third-order valence-electron chi connectivity index (χ3n) is 5.03. The Morgan fingerprint density at radius 3 is 2.43 bits per heavy atom. The van der Waals surface area contributed by atoms with Crippen LogP contribution in [0.15, 0.2) is 59.9 Å². The standard InChI is InChI=1S/C22H15Cl2N5O/c1-3-10-28-12(2)25-20-18(22(28)30)19-21(27-17-7-5-4-6-16(17)26-19)29(20)13-8-9-14(23)15(24)11-13/h3-9,11H,1,10H2,2H3. The Kier molecular flexibility index (Phi) is 4.34. The first-order chi connectivity index (χ1) is 14.5. The molecule has 2 aromatic carbocycles. The van der Waals surface area contributed by atoms with Crippen LogP contribution in [-0.4, -0.2) is 24.1 Å². The Morgan fingerprint density at radius 1 is 1.00 bits per heavy atom. The van der Waals surface area contributed by atoms with Crippen molar-refractivity contribution in [2.24, 2.45) is 0 Å². The monoisotopic (exact) mass is 435 g/mol. The van der Waals surface area contributed by atoms with Crippen LogP contribution in [0.3, 0.4) is 0 Å². The van der Waals surface area contributed by atoms with Crippen molar-refractivity contribution in [3.05, 3.63) is 81.3 Å². The molecule has 0 unspecified atom stereocenters. The van der Waals surface area contributed by atoms with Crippen molar-refractivity contribution in [2.45, 2.75) is 13.5 Å². The Morgan fingerprint density at radius 2 is 1.73 bits per heavy atom. The Bertz CT molecular complexity index is 1550. The van der Waals surface area contributed by atoms with Crippen molar-refractivity contribution < 1.29 is 0 Å². The molecule has 0 aliphatic heterocycles. The van der Waals surface area contributed by atoms with Gasteiger partial charge >= 0.3 is 0 Å². The average Bonchev–Trinajstić information content (AvgIpc) is 3.04. The molecule has 0 saturated heterocycles. The van der Waals surface area contributed by atoms with Crippen molar-refractivity contribution in [3.8, 4) is 5.69 Å². The molecule has 0 N–H and O–H groups in total. The zero-order chi connectivity index (χ0) is 21.0. The smallest absolute Gasteiger partial charge is 0.265 e. The highest BCUT2D eigenvalue weighted by molar-refractivity contribution is 6.42. The fourth-order valence-corrected chi connectivity index (χ4v) is 3.94. The van der Waals surface area contributed by atoms with Gasteiger partial charge in [0.2, 0.25) is 0 Å². The number of hydrogen-bond acceptors (Lipinski definition) is 4. The first-order valence-electron chi connectivity index (χ1n) is 9.24. The molecule has 5 aromatic rings. The van der Waals surface area contributed by atoms with E-state index in [1.807, 2.05) is 30.3 Å². The zero-order valence-corrected chi connectivity index (χ0v) is 17.4. The first kappa shape index (κ1) is 18.8. The summed E-state index contributed by atoms with van der Waals surface area (Å²) >= 11 is 12.4. The minimum atomic E-state index is -0.189. The summed E-state index contributed by atoms with van der Waals surface area (Å²) in [7, 11) is 0. The van der Waals surface area contributed by atoms with Crippen LogP contribution < -0.4 is 5.56 Å². The fraction of sp³-hybridized carbons (Fsp3) is 0.0909. The third kappa shape index (κ3) is 2.72. The molecular formula is C22H15Cl2N5O. The van der Waals surface area contributed by atoms with E-state index in [2.05, 4.69) is 6.58 Å². The van der Waals surface area contributed by atoms with E-state index in [1.54, 1.807) is 34.3 Å². The molecule has 6 nitrogen and oxygen atoms in total. The molecule has 3 heterocycles. The van der Waals surface area contributed by atoms with Crippen molar-refractivity contribution in [1.29, 1.82) is 0 Å². The van der Waals surface area contributed by atoms with Crippen LogP contribution in [0.25, 0.3) is 38.9 Å². The summed E-state index contributed by atoms with van der Waals surface area (Å²) in [6.07, 6.45) is 1.67. The number of aryl methyl sites for hydroxylation is 1. The number of allylic oxidation sites excluding steroid dienone is 1. The lowest BCUT2D eigenvalue weighted by atomic mass is 10.3. The number of aromatic nitrogens is 5. The van der Waals surface area contributed by atoms with Crippen molar-refractivity contribution >= 4 is 56.4 Å². The van der Waals surface area contributed by atoms with E-state index in [-0.39, 0.29) is 5.56 Å². The number of fused-ring (bicyclic) bond motifs is 4. The van der Waals surface area contributed by atoms with Crippen molar-refractivity contribution in [1.82, 2.24) is 24.1 Å². The molecule has 30 heavy (non-hydrogen) atoms. The highest BCUT2D eigenvalue weighted by Gasteiger charge is 2.22. The lowest BCUT2D eigenvalue weighted by Crippen LogP contribution is -2.23. The van der Waals surface area contributed by atoms with E-state index >= 15 is 0 Å². The normalized spacial score (nSPS) is 11.6. The number of halogens is 2. The lowest BCUT2D eigenvalue weighted by molar-refractivity contribution is 0.727. The summed E-state index contributed by atoms with van der Waals surface area (Å²) in [5, 5.41) is 1.24. The predicted octanol–water partition coefficient (Wildman–Crippen LogP) is 5.08. The minimum absolute atomic E-state index is 0.189. The maximum absolute atomic E-state index is 13.4. The van der Waals surface area contributed by atoms with E-state index in [0.29, 0.717) is 55.8 Å². The molecule has 0 atom stereocenters. The van der Waals surface area contributed by atoms with E-state index in [1.165, 1.54) is 0 Å². The lowest BCUT2D eigenvalue weighted by Gasteiger charge is -2.10. The van der Waals surface area contributed by atoms with E-state index in [0.717, 1.165) is 5.52 Å². The number of hydrogen-bond donors (Lipinski definition) is 0. The number of benzene rings is 2. The molecule has 0 aliphatic carbocycles. The molecule has 0 radical (unpaired) electrons. The molecule has 8 heteroatoms. The van der Waals surface area contributed by atoms with Crippen LogP contribution in [-0.2, 0) is 6.54 Å². The number of nitrogens with zero attached hydrogens (tertiary/aromatic N) is 5. The van der Waals surface area contributed by atoms with Gasteiger partial charge in [-0.1, -0.05) is 41.4 Å². The van der Waals surface area contributed by atoms with Gasteiger partial charge in [0.1, 0.15) is 16.7 Å². The van der Waals surface area contributed by atoms with Crippen molar-refractivity contribution in [3.63, 3.8) is 0 Å². The van der Waals surface area contributed by atoms with Gasteiger partial charge in [0.25, 0.3) is 5.56 Å². The largest absolute Gasteiger partial charge is 0.292 e. The van der Waals surface area contributed by atoms with Crippen LogP contribution in [0, 0.1) is 6.92 Å². The minimum Gasteiger partial charge on any atom is -0.292 e. The SMILES string of the molecule is C=CCn1c(C)nc2c(c1=O)c1nc3ccccc3nc1n2-c1ccc(Cl)c(Cl)c1. The summed E-state index contributed by atoms with van der Waals surface area (Å²) in [5.74, 6) is 0.570. The topological polar surface area (TPSA) is 65.6 Å². The molecule has 0 spiro atoms. The maximum Gasteiger partial charge on any atom is 0.265 e. The van der Waals surface area contributed by atoms with Crippen LogP contribution in [0.1, 0.15) is 5.82 Å². The Hall–Kier alpha value is -3.22. The quantitative estimate of drug-likeness (QED) is 0.370. The molecule has 5 rings (SSSR count). The zero-order valence-electron chi connectivity index (χ0n) is 15.9. The number of rotatable bonds is 3. The molecule has 0 amide bonds. The summed E-state index contributed by atoms with van der Waals surface area (Å²) in [4.78, 5) is 27.7. The Balaban J connectivity index is 2.02. The molecule has 0 fully saturated rings. The second-order valence-electron chi connectivity index (χ2n) is 6.88. The average molecular weight is 436 g/mol. The summed E-state index contributed by atoms with van der Waals surface area (Å²) < 4.78 is 3.38. The third-order valence-corrected chi connectivity index (χ3v) is 5.77. The predicted molar refractivity (Wildman–Crippen MR) is 121 cm³/mol. The highest BCUT2D eigenvalue weighted by Crippen LogP contribution is 2.31. The van der Waals surface area contributed by atoms with E-state index in [9.17, 15) is 4.79 Å². The maximum atomic E-state index is 13.4. The van der Waals surface area contributed by atoms with Gasteiger partial charge in [-0.05, 0) is 37.3 Å². The summed E-state index contributed by atoms with van der Waals surface area (Å²) in [6.45, 7) is 5.89. The first-order valence-corrected chi connectivity index (χ1v) is 10.00. The molecule has 0 bridgehead atoms. The van der Waals surface area contributed by atoms with E-state index in [4.69, 9.17) is 38.2 Å². The van der Waals surface area contributed by atoms with Gasteiger partial charge in [0.05, 0.1) is 26.8 Å². The highest BCUT2D eigenvalue weighted by atomic mass is 35.5. The summed E-state index contributed by atoms with van der Waals surface area (Å²) in [5.41, 5.74) is 3.42. The van der Waals surface area contributed by atoms with Crippen LogP contribution >= 0.6 is 23.2 Å². The van der Waals surface area contributed by atoms with Crippen molar-refractivity contribution in [2.75, 3.05) is 0 Å². The van der Waals surface area contributed by atoms with Gasteiger partial charge in [-0.2, -0.15) is 0 Å². The second-order valence-corrected chi connectivity index (χ2v) is 7.69. The van der Waals surface area contributed by atoms with Gasteiger partial charge in [-0.3, -0.25) is 13.9 Å². The van der Waals surface area contributed by atoms with E-state index < -0.39 is 0 Å². The summed E-state index contributed by atoms with van der Waals surface area (Å²) in [6, 6.07) is 12.8. The van der Waals surface area contributed by atoms with Gasteiger partial charge < -0.3 is 0 Å². The Labute approximate surface area is 181 Å². The van der Waals surface area contributed by atoms with Gasteiger partial charge in [0, 0.05) is 6.54 Å². The van der Waals surface area contributed by atoms with Crippen LogP contribution in [0.4, 0.5) is 0 Å². The molecule has 148 valence electrons. The molecule has 0 saturated carbocycles. The second kappa shape index (κ2) is 6.93. The fourth-order valence-electron chi connectivity index (χ4n) is 3.64.